The summed E-state index contributed by atoms with van der Waals surface area (Å²) in [6.07, 6.45) is 1.91. The third-order valence-electron chi connectivity index (χ3n) is 3.41. The second-order valence-electron chi connectivity index (χ2n) is 5.63. The Morgan fingerprint density at radius 1 is 1.39 bits per heavy atom. The van der Waals surface area contributed by atoms with Crippen molar-refractivity contribution in [1.29, 1.82) is 0 Å². The molecule has 102 valence electrons. The largest absolute Gasteiger partial charge is 0.314 e. The van der Waals surface area contributed by atoms with Crippen LogP contribution in [-0.2, 0) is 6.42 Å². The lowest BCUT2D eigenvalue weighted by molar-refractivity contribution is 0.281. The van der Waals surface area contributed by atoms with E-state index >= 15 is 0 Å². The van der Waals surface area contributed by atoms with E-state index in [2.05, 4.69) is 33.0 Å². The lowest BCUT2D eigenvalue weighted by Gasteiger charge is -2.30. The quantitative estimate of drug-likeness (QED) is 0.807. The summed E-state index contributed by atoms with van der Waals surface area (Å²) < 4.78 is 13.4. The van der Waals surface area contributed by atoms with Crippen LogP contribution in [0.3, 0.4) is 0 Å². The van der Waals surface area contributed by atoms with E-state index in [9.17, 15) is 4.39 Å². The predicted molar refractivity (Wildman–Crippen MR) is 76.7 cm³/mol. The highest BCUT2D eigenvalue weighted by atomic mass is 35.5. The predicted octanol–water partition coefficient (Wildman–Crippen LogP) is 4.44. The molecule has 1 rings (SSSR count). The van der Waals surface area contributed by atoms with Gasteiger partial charge in [-0.05, 0) is 36.0 Å². The van der Waals surface area contributed by atoms with Crippen LogP contribution in [0.5, 0.6) is 0 Å². The zero-order chi connectivity index (χ0) is 13.8. The maximum atomic E-state index is 13.4. The summed E-state index contributed by atoms with van der Waals surface area (Å²) in [5.41, 5.74) is 1.15. The molecule has 1 aromatic carbocycles. The van der Waals surface area contributed by atoms with E-state index in [1.54, 1.807) is 12.1 Å². The molecule has 18 heavy (non-hydrogen) atoms. The number of halogens is 2. The maximum absolute atomic E-state index is 13.4. The minimum Gasteiger partial charge on any atom is -0.314 e. The van der Waals surface area contributed by atoms with E-state index in [4.69, 9.17) is 11.6 Å². The van der Waals surface area contributed by atoms with Crippen LogP contribution in [0.15, 0.2) is 18.2 Å². The van der Waals surface area contributed by atoms with E-state index in [1.807, 2.05) is 6.07 Å². The third-order valence-corrected chi connectivity index (χ3v) is 3.71. The van der Waals surface area contributed by atoms with Crippen LogP contribution >= 0.6 is 11.6 Å². The third kappa shape index (κ3) is 4.58. The lowest BCUT2D eigenvalue weighted by atomic mass is 9.81. The van der Waals surface area contributed by atoms with Crippen LogP contribution in [0.25, 0.3) is 0 Å². The average Bonchev–Trinajstić information content (AvgIpc) is 2.31. The first kappa shape index (κ1) is 15.5. The van der Waals surface area contributed by atoms with Crippen molar-refractivity contribution in [3.63, 3.8) is 0 Å². The molecule has 0 bridgehead atoms. The van der Waals surface area contributed by atoms with Crippen LogP contribution in [0.1, 0.15) is 39.7 Å². The molecule has 0 aliphatic heterocycles. The fourth-order valence-corrected chi connectivity index (χ4v) is 2.02. The molecule has 0 saturated carbocycles. The van der Waals surface area contributed by atoms with Crippen molar-refractivity contribution >= 4 is 11.6 Å². The van der Waals surface area contributed by atoms with Gasteiger partial charge in [-0.1, -0.05) is 45.4 Å². The second-order valence-corrected chi connectivity index (χ2v) is 6.03. The Morgan fingerprint density at radius 2 is 2.06 bits per heavy atom. The monoisotopic (exact) mass is 271 g/mol. The van der Waals surface area contributed by atoms with Gasteiger partial charge in [-0.25, -0.2) is 4.39 Å². The molecular weight excluding hydrogens is 249 g/mol. The Kier molecular flexibility index (Phi) is 5.61. The van der Waals surface area contributed by atoms with Crippen LogP contribution in [0.4, 0.5) is 4.39 Å². The Balaban J connectivity index is 2.74. The van der Waals surface area contributed by atoms with E-state index in [0.717, 1.165) is 24.9 Å². The van der Waals surface area contributed by atoms with Crippen LogP contribution in [0, 0.1) is 11.2 Å². The van der Waals surface area contributed by atoms with Crippen molar-refractivity contribution in [3.8, 4) is 0 Å². The SMILES string of the molecule is CCC(C)(CNC(C)C)Cc1ccc(Cl)c(F)c1. The summed E-state index contributed by atoms with van der Waals surface area (Å²) in [5.74, 6) is -0.329. The molecule has 0 aliphatic carbocycles. The summed E-state index contributed by atoms with van der Waals surface area (Å²) in [4.78, 5) is 0. The Morgan fingerprint density at radius 3 is 2.56 bits per heavy atom. The van der Waals surface area contributed by atoms with Gasteiger partial charge in [0.1, 0.15) is 5.82 Å². The zero-order valence-corrected chi connectivity index (χ0v) is 12.4. The highest BCUT2D eigenvalue weighted by Gasteiger charge is 2.23. The normalized spacial score (nSPS) is 14.8. The van der Waals surface area contributed by atoms with Gasteiger partial charge in [0.05, 0.1) is 5.02 Å². The van der Waals surface area contributed by atoms with Gasteiger partial charge in [-0.3, -0.25) is 0 Å². The lowest BCUT2D eigenvalue weighted by Crippen LogP contribution is -2.36. The molecule has 1 N–H and O–H groups in total. The zero-order valence-electron chi connectivity index (χ0n) is 11.7. The molecule has 0 spiro atoms. The summed E-state index contributed by atoms with van der Waals surface area (Å²) >= 11 is 5.70. The van der Waals surface area contributed by atoms with Crippen molar-refractivity contribution in [1.82, 2.24) is 5.32 Å². The highest BCUT2D eigenvalue weighted by molar-refractivity contribution is 6.30. The smallest absolute Gasteiger partial charge is 0.142 e. The van der Waals surface area contributed by atoms with Crippen molar-refractivity contribution in [2.45, 2.75) is 46.6 Å². The molecule has 0 aromatic heterocycles. The molecule has 0 amide bonds. The fourth-order valence-electron chi connectivity index (χ4n) is 1.91. The minimum absolute atomic E-state index is 0.143. The van der Waals surface area contributed by atoms with E-state index < -0.39 is 0 Å². The molecule has 1 atom stereocenters. The average molecular weight is 272 g/mol. The number of benzene rings is 1. The van der Waals surface area contributed by atoms with E-state index in [-0.39, 0.29) is 16.3 Å². The number of hydrogen-bond donors (Lipinski definition) is 1. The number of hydrogen-bond acceptors (Lipinski definition) is 1. The maximum Gasteiger partial charge on any atom is 0.142 e. The summed E-state index contributed by atoms with van der Waals surface area (Å²) in [7, 11) is 0. The minimum atomic E-state index is -0.329. The van der Waals surface area contributed by atoms with Crippen LogP contribution < -0.4 is 5.32 Å². The molecular formula is C15H23ClFN. The standard InChI is InChI=1S/C15H23ClFN/c1-5-15(4,10-18-11(2)3)9-12-6-7-13(16)14(17)8-12/h6-8,11,18H,5,9-10H2,1-4H3. The van der Waals surface area contributed by atoms with Gasteiger partial charge in [-0.2, -0.15) is 0 Å². The molecule has 1 nitrogen and oxygen atoms in total. The van der Waals surface area contributed by atoms with Crippen molar-refractivity contribution in [2.24, 2.45) is 5.41 Å². The topological polar surface area (TPSA) is 12.0 Å². The Bertz CT molecular complexity index is 392. The van der Waals surface area contributed by atoms with Gasteiger partial charge in [0, 0.05) is 12.6 Å². The number of rotatable bonds is 6. The van der Waals surface area contributed by atoms with Crippen LogP contribution in [0.2, 0.25) is 5.02 Å². The molecule has 3 heteroatoms. The molecule has 1 aromatic rings. The molecule has 1 unspecified atom stereocenters. The van der Waals surface area contributed by atoms with Crippen molar-refractivity contribution < 1.29 is 4.39 Å². The molecule has 0 heterocycles. The number of nitrogens with one attached hydrogen (secondary N) is 1. The molecule has 0 saturated heterocycles. The Hall–Kier alpha value is -0.600. The fraction of sp³-hybridized carbons (Fsp3) is 0.600. The summed E-state index contributed by atoms with van der Waals surface area (Å²) in [6, 6.07) is 5.57. The van der Waals surface area contributed by atoms with Gasteiger partial charge in [0.25, 0.3) is 0 Å². The van der Waals surface area contributed by atoms with Gasteiger partial charge < -0.3 is 5.32 Å². The van der Waals surface area contributed by atoms with Crippen LogP contribution in [-0.4, -0.2) is 12.6 Å². The Labute approximate surface area is 115 Å². The van der Waals surface area contributed by atoms with Gasteiger partial charge in [0.2, 0.25) is 0 Å². The first-order valence-corrected chi connectivity index (χ1v) is 6.91. The summed E-state index contributed by atoms with van der Waals surface area (Å²) in [5, 5.41) is 3.66. The van der Waals surface area contributed by atoms with Gasteiger partial charge >= 0.3 is 0 Å². The first-order chi connectivity index (χ1) is 8.36. The summed E-state index contributed by atoms with van der Waals surface area (Å²) in [6.45, 7) is 9.62. The van der Waals surface area contributed by atoms with Gasteiger partial charge in [0.15, 0.2) is 0 Å². The van der Waals surface area contributed by atoms with E-state index in [1.165, 1.54) is 0 Å². The van der Waals surface area contributed by atoms with Gasteiger partial charge in [-0.15, -0.1) is 0 Å². The van der Waals surface area contributed by atoms with Crippen molar-refractivity contribution in [2.75, 3.05) is 6.54 Å². The molecule has 0 aliphatic rings. The molecule has 0 fully saturated rings. The molecule has 0 radical (unpaired) electrons. The first-order valence-electron chi connectivity index (χ1n) is 6.53. The van der Waals surface area contributed by atoms with E-state index in [0.29, 0.717) is 6.04 Å². The second kappa shape index (κ2) is 6.53. The highest BCUT2D eigenvalue weighted by Crippen LogP contribution is 2.27. The van der Waals surface area contributed by atoms with Crippen molar-refractivity contribution in [3.05, 3.63) is 34.6 Å².